The summed E-state index contributed by atoms with van der Waals surface area (Å²) in [6.07, 6.45) is 0.843. The number of guanidine groups is 1. The molecule has 28 heavy (non-hydrogen) atoms. The fourth-order valence-electron chi connectivity index (χ4n) is 3.47. The van der Waals surface area contributed by atoms with E-state index in [2.05, 4.69) is 15.2 Å². The molecule has 2 aliphatic heterocycles. The molecular weight excluding hydrogens is 495 g/mol. The summed E-state index contributed by atoms with van der Waals surface area (Å²) >= 11 is 5.98. The van der Waals surface area contributed by atoms with E-state index in [1.54, 1.807) is 19.2 Å². The van der Waals surface area contributed by atoms with Gasteiger partial charge in [0.05, 0.1) is 6.10 Å². The largest absolute Gasteiger partial charge is 0.387 e. The van der Waals surface area contributed by atoms with E-state index in [1.807, 2.05) is 17.0 Å². The van der Waals surface area contributed by atoms with Gasteiger partial charge in [0.2, 0.25) is 0 Å². The number of carbonyl (C=O) groups is 1. The highest BCUT2D eigenvalue weighted by molar-refractivity contribution is 14.0. The Morgan fingerprint density at radius 1 is 1.36 bits per heavy atom. The summed E-state index contributed by atoms with van der Waals surface area (Å²) in [5, 5.41) is 14.2. The SMILES string of the molecule is CN=C(NCC(O)c1cccc(Cl)c1)N1CCN(C(=O)C2CCCO2)CC1.I. The molecule has 2 aliphatic rings. The summed E-state index contributed by atoms with van der Waals surface area (Å²) in [4.78, 5) is 20.7. The molecule has 1 amide bonds. The molecule has 2 saturated heterocycles. The number of halogens is 2. The first-order chi connectivity index (χ1) is 13.1. The molecule has 156 valence electrons. The summed E-state index contributed by atoms with van der Waals surface area (Å²) < 4.78 is 5.50. The number of aliphatic hydroxyl groups is 1. The lowest BCUT2D eigenvalue weighted by Gasteiger charge is -2.37. The van der Waals surface area contributed by atoms with Crippen LogP contribution >= 0.6 is 35.6 Å². The topological polar surface area (TPSA) is 77.4 Å². The van der Waals surface area contributed by atoms with Crippen LogP contribution in [0.2, 0.25) is 5.02 Å². The predicted molar refractivity (Wildman–Crippen MR) is 120 cm³/mol. The maximum Gasteiger partial charge on any atom is 0.251 e. The van der Waals surface area contributed by atoms with Gasteiger partial charge in [-0.3, -0.25) is 9.79 Å². The Labute approximate surface area is 188 Å². The van der Waals surface area contributed by atoms with Crippen molar-refractivity contribution in [2.45, 2.75) is 25.0 Å². The highest BCUT2D eigenvalue weighted by atomic mass is 127. The number of amides is 1. The van der Waals surface area contributed by atoms with Gasteiger partial charge in [-0.25, -0.2) is 0 Å². The zero-order valence-electron chi connectivity index (χ0n) is 16.0. The number of ether oxygens (including phenoxy) is 1. The van der Waals surface area contributed by atoms with Gasteiger partial charge in [-0.2, -0.15) is 0 Å². The first kappa shape index (κ1) is 23.2. The average molecular weight is 523 g/mol. The fourth-order valence-corrected chi connectivity index (χ4v) is 3.67. The van der Waals surface area contributed by atoms with Crippen molar-refractivity contribution in [1.82, 2.24) is 15.1 Å². The average Bonchev–Trinajstić information content (AvgIpc) is 3.23. The Hall–Kier alpha value is -1.10. The van der Waals surface area contributed by atoms with Crippen LogP contribution in [0.5, 0.6) is 0 Å². The van der Waals surface area contributed by atoms with Gasteiger partial charge in [-0.1, -0.05) is 23.7 Å². The summed E-state index contributed by atoms with van der Waals surface area (Å²) in [6.45, 7) is 3.72. The molecule has 9 heteroatoms. The van der Waals surface area contributed by atoms with Crippen LogP contribution < -0.4 is 5.32 Å². The molecule has 2 atom stereocenters. The minimum absolute atomic E-state index is 0. The maximum atomic E-state index is 12.4. The van der Waals surface area contributed by atoms with Gasteiger partial charge in [-0.15, -0.1) is 24.0 Å². The smallest absolute Gasteiger partial charge is 0.251 e. The zero-order chi connectivity index (χ0) is 19.2. The molecule has 7 nitrogen and oxygen atoms in total. The van der Waals surface area contributed by atoms with Crippen LogP contribution in [0.25, 0.3) is 0 Å². The van der Waals surface area contributed by atoms with E-state index in [0.717, 1.165) is 24.4 Å². The van der Waals surface area contributed by atoms with Gasteiger partial charge in [0.1, 0.15) is 6.10 Å². The number of benzene rings is 1. The number of nitrogens with zero attached hydrogens (tertiary/aromatic N) is 3. The third kappa shape index (κ3) is 5.95. The van der Waals surface area contributed by atoms with Crippen LogP contribution in [0.15, 0.2) is 29.3 Å². The Kier molecular flexibility index (Phi) is 9.26. The number of hydrogen-bond acceptors (Lipinski definition) is 4. The van der Waals surface area contributed by atoms with Crippen molar-refractivity contribution < 1.29 is 14.6 Å². The second-order valence-corrected chi connectivity index (χ2v) is 7.25. The predicted octanol–water partition coefficient (Wildman–Crippen LogP) is 1.89. The van der Waals surface area contributed by atoms with Crippen LogP contribution in [-0.4, -0.2) is 79.3 Å². The number of hydrogen-bond donors (Lipinski definition) is 2. The summed E-state index contributed by atoms with van der Waals surface area (Å²) in [5.74, 6) is 0.826. The monoisotopic (exact) mass is 522 g/mol. The van der Waals surface area contributed by atoms with Gasteiger partial charge < -0.3 is 25.0 Å². The molecule has 2 unspecified atom stereocenters. The lowest BCUT2D eigenvalue weighted by Crippen LogP contribution is -2.55. The fraction of sp³-hybridized carbons (Fsp3) is 0.579. The molecule has 0 aliphatic carbocycles. The third-order valence-electron chi connectivity index (χ3n) is 4.99. The Bertz CT molecular complexity index is 677. The molecule has 0 aromatic heterocycles. The van der Waals surface area contributed by atoms with Crippen LogP contribution in [0.4, 0.5) is 0 Å². The molecule has 0 bridgehead atoms. The Morgan fingerprint density at radius 3 is 2.68 bits per heavy atom. The van der Waals surface area contributed by atoms with Crippen molar-refractivity contribution in [3.63, 3.8) is 0 Å². The lowest BCUT2D eigenvalue weighted by molar-refractivity contribution is -0.142. The number of aliphatic hydroxyl groups excluding tert-OH is 1. The van der Waals surface area contributed by atoms with Crippen LogP contribution in [0, 0.1) is 0 Å². The highest BCUT2D eigenvalue weighted by Crippen LogP contribution is 2.18. The number of piperazine rings is 1. The van der Waals surface area contributed by atoms with E-state index in [4.69, 9.17) is 16.3 Å². The number of aliphatic imine (C=N–C) groups is 1. The second kappa shape index (κ2) is 11.2. The minimum atomic E-state index is -0.678. The zero-order valence-corrected chi connectivity index (χ0v) is 19.1. The first-order valence-electron chi connectivity index (χ1n) is 9.38. The molecule has 0 saturated carbocycles. The van der Waals surface area contributed by atoms with Crippen molar-refractivity contribution in [3.05, 3.63) is 34.9 Å². The lowest BCUT2D eigenvalue weighted by atomic mass is 10.1. The van der Waals surface area contributed by atoms with E-state index in [1.165, 1.54) is 0 Å². The minimum Gasteiger partial charge on any atom is -0.387 e. The van der Waals surface area contributed by atoms with E-state index < -0.39 is 6.10 Å². The van der Waals surface area contributed by atoms with Gasteiger partial charge in [0.15, 0.2) is 5.96 Å². The van der Waals surface area contributed by atoms with Gasteiger partial charge >= 0.3 is 0 Å². The van der Waals surface area contributed by atoms with E-state index in [9.17, 15) is 9.90 Å². The van der Waals surface area contributed by atoms with E-state index in [-0.39, 0.29) is 36.0 Å². The van der Waals surface area contributed by atoms with Crippen molar-refractivity contribution in [1.29, 1.82) is 0 Å². The number of rotatable bonds is 4. The molecule has 2 heterocycles. The number of nitrogens with one attached hydrogen (secondary N) is 1. The molecular formula is C19H28ClIN4O3. The molecule has 2 N–H and O–H groups in total. The molecule has 1 aromatic carbocycles. The Morgan fingerprint density at radius 2 is 2.07 bits per heavy atom. The normalized spacial score (nSPS) is 21.2. The molecule has 0 radical (unpaired) electrons. The quantitative estimate of drug-likeness (QED) is 0.359. The summed E-state index contributed by atoms with van der Waals surface area (Å²) in [5.41, 5.74) is 0.762. The second-order valence-electron chi connectivity index (χ2n) is 6.81. The summed E-state index contributed by atoms with van der Waals surface area (Å²) in [6, 6.07) is 7.20. The Balaban J connectivity index is 0.00000280. The van der Waals surface area contributed by atoms with Gasteiger partial charge in [0.25, 0.3) is 5.91 Å². The third-order valence-corrected chi connectivity index (χ3v) is 5.23. The molecule has 3 rings (SSSR count). The molecule has 1 aromatic rings. The van der Waals surface area contributed by atoms with Crippen molar-refractivity contribution in [2.24, 2.45) is 4.99 Å². The van der Waals surface area contributed by atoms with Gasteiger partial charge in [-0.05, 0) is 30.5 Å². The van der Waals surface area contributed by atoms with Crippen molar-refractivity contribution in [3.8, 4) is 0 Å². The van der Waals surface area contributed by atoms with Crippen LogP contribution in [0.1, 0.15) is 24.5 Å². The standard InChI is InChI=1S/C19H27ClN4O3.HI/c1-21-19(22-13-16(25)14-4-2-5-15(20)12-14)24-9-7-23(8-10-24)18(26)17-6-3-11-27-17;/h2,4-5,12,16-17,25H,3,6-11,13H2,1H3,(H,21,22);1H. The molecule has 0 spiro atoms. The maximum absolute atomic E-state index is 12.4. The molecule has 2 fully saturated rings. The first-order valence-corrected chi connectivity index (χ1v) is 9.76. The van der Waals surface area contributed by atoms with Crippen LogP contribution in [-0.2, 0) is 9.53 Å². The van der Waals surface area contributed by atoms with Crippen LogP contribution in [0.3, 0.4) is 0 Å². The van der Waals surface area contributed by atoms with E-state index >= 15 is 0 Å². The van der Waals surface area contributed by atoms with Crippen molar-refractivity contribution in [2.75, 3.05) is 46.4 Å². The van der Waals surface area contributed by atoms with Crippen molar-refractivity contribution >= 4 is 47.4 Å². The summed E-state index contributed by atoms with van der Waals surface area (Å²) in [7, 11) is 1.72. The highest BCUT2D eigenvalue weighted by Gasteiger charge is 2.30. The number of carbonyl (C=O) groups excluding carboxylic acids is 1. The van der Waals surface area contributed by atoms with E-state index in [0.29, 0.717) is 44.4 Å². The van der Waals surface area contributed by atoms with Gasteiger partial charge in [0, 0.05) is 51.4 Å².